The molecule has 0 spiro atoms. The van der Waals surface area contributed by atoms with Crippen LogP contribution < -0.4 is 9.47 Å². The van der Waals surface area contributed by atoms with Crippen molar-refractivity contribution in [2.75, 3.05) is 26.8 Å². The average Bonchev–Trinajstić information content (AvgIpc) is 2.29. The van der Waals surface area contributed by atoms with Gasteiger partial charge < -0.3 is 14.4 Å². The minimum Gasteiger partial charge on any atom is -0.486 e. The van der Waals surface area contributed by atoms with Gasteiger partial charge in [-0.25, -0.2) is 0 Å². The molecule has 0 amide bonds. The topological polar surface area (TPSA) is 21.7 Å². The van der Waals surface area contributed by atoms with E-state index in [0.29, 0.717) is 13.2 Å². The first-order valence-corrected chi connectivity index (χ1v) is 5.86. The van der Waals surface area contributed by atoms with Crippen LogP contribution in [0.3, 0.4) is 0 Å². The lowest BCUT2D eigenvalue weighted by Crippen LogP contribution is -2.19. The van der Waals surface area contributed by atoms with Crippen molar-refractivity contribution in [1.82, 2.24) is 4.90 Å². The molecule has 88 valence electrons. The van der Waals surface area contributed by atoms with E-state index in [1.165, 1.54) is 12.0 Å². The van der Waals surface area contributed by atoms with Crippen molar-refractivity contribution in [3.8, 4) is 11.5 Å². The largest absolute Gasteiger partial charge is 0.486 e. The summed E-state index contributed by atoms with van der Waals surface area (Å²) in [5.74, 6) is 1.75. The molecule has 0 bridgehead atoms. The van der Waals surface area contributed by atoms with Crippen LogP contribution in [0.2, 0.25) is 0 Å². The number of rotatable bonds is 4. The zero-order valence-electron chi connectivity index (χ0n) is 10.0. The smallest absolute Gasteiger partial charge is 0.161 e. The maximum absolute atomic E-state index is 5.56. The molecule has 0 aliphatic carbocycles. The van der Waals surface area contributed by atoms with E-state index in [9.17, 15) is 0 Å². The number of nitrogens with zero attached hydrogens (tertiary/aromatic N) is 1. The quantitative estimate of drug-likeness (QED) is 0.778. The molecule has 0 unspecified atom stereocenters. The first-order chi connectivity index (χ1) is 7.79. The molecule has 0 fully saturated rings. The summed E-state index contributed by atoms with van der Waals surface area (Å²) in [6.45, 7) is 5.59. The highest BCUT2D eigenvalue weighted by molar-refractivity contribution is 5.43. The van der Waals surface area contributed by atoms with Crippen molar-refractivity contribution in [3.05, 3.63) is 23.8 Å². The van der Waals surface area contributed by atoms with Crippen LogP contribution in [0.25, 0.3) is 0 Å². The van der Waals surface area contributed by atoms with Gasteiger partial charge in [0.1, 0.15) is 13.2 Å². The molecular weight excluding hydrogens is 202 g/mol. The van der Waals surface area contributed by atoms with E-state index in [-0.39, 0.29) is 0 Å². The van der Waals surface area contributed by atoms with E-state index in [2.05, 4.69) is 31.0 Å². The minimum atomic E-state index is 0.654. The Morgan fingerprint density at radius 2 is 1.94 bits per heavy atom. The monoisotopic (exact) mass is 221 g/mol. The lowest BCUT2D eigenvalue weighted by molar-refractivity contribution is 0.171. The number of benzene rings is 1. The van der Waals surface area contributed by atoms with Gasteiger partial charge in [0.2, 0.25) is 0 Å². The van der Waals surface area contributed by atoms with Crippen LogP contribution in [-0.4, -0.2) is 31.7 Å². The molecule has 1 aromatic rings. The Bertz CT molecular complexity index is 352. The van der Waals surface area contributed by atoms with Crippen LogP contribution in [0.15, 0.2) is 18.2 Å². The molecule has 0 saturated heterocycles. The number of ether oxygens (including phenoxy) is 2. The maximum atomic E-state index is 5.56. The van der Waals surface area contributed by atoms with Gasteiger partial charge in [-0.3, -0.25) is 0 Å². The van der Waals surface area contributed by atoms with Crippen molar-refractivity contribution in [1.29, 1.82) is 0 Å². The summed E-state index contributed by atoms with van der Waals surface area (Å²) in [5, 5.41) is 0. The predicted octanol–water partition coefficient (Wildman–Crippen LogP) is 2.30. The fourth-order valence-corrected chi connectivity index (χ4v) is 1.96. The third-order valence-electron chi connectivity index (χ3n) is 2.66. The van der Waals surface area contributed by atoms with Crippen molar-refractivity contribution in [2.45, 2.75) is 19.9 Å². The van der Waals surface area contributed by atoms with Crippen LogP contribution >= 0.6 is 0 Å². The van der Waals surface area contributed by atoms with E-state index < -0.39 is 0 Å². The maximum Gasteiger partial charge on any atom is 0.161 e. The number of hydrogen-bond donors (Lipinski definition) is 0. The zero-order chi connectivity index (χ0) is 11.4. The zero-order valence-corrected chi connectivity index (χ0v) is 10.0. The molecule has 0 radical (unpaired) electrons. The lowest BCUT2D eigenvalue weighted by Gasteiger charge is -2.20. The fraction of sp³-hybridized carbons (Fsp3) is 0.538. The Balaban J connectivity index is 2.05. The first-order valence-electron chi connectivity index (χ1n) is 5.86. The average molecular weight is 221 g/mol. The van der Waals surface area contributed by atoms with Crippen LogP contribution in [-0.2, 0) is 6.54 Å². The molecule has 0 aromatic heterocycles. The van der Waals surface area contributed by atoms with Gasteiger partial charge in [0.05, 0.1) is 0 Å². The molecule has 0 N–H and O–H groups in total. The molecule has 1 aliphatic rings. The van der Waals surface area contributed by atoms with Crippen LogP contribution in [0.5, 0.6) is 11.5 Å². The summed E-state index contributed by atoms with van der Waals surface area (Å²) in [4.78, 5) is 2.31. The molecule has 0 saturated carbocycles. The van der Waals surface area contributed by atoms with Gasteiger partial charge in [0.15, 0.2) is 11.5 Å². The number of fused-ring (bicyclic) bond motifs is 1. The molecule has 0 atom stereocenters. The van der Waals surface area contributed by atoms with E-state index in [4.69, 9.17) is 9.47 Å². The van der Waals surface area contributed by atoms with Crippen molar-refractivity contribution in [3.63, 3.8) is 0 Å². The minimum absolute atomic E-state index is 0.654. The Morgan fingerprint density at radius 3 is 2.69 bits per heavy atom. The molecule has 1 aromatic carbocycles. The van der Waals surface area contributed by atoms with Gasteiger partial charge in [-0.1, -0.05) is 13.0 Å². The normalized spacial score (nSPS) is 14.2. The molecule has 1 heterocycles. The van der Waals surface area contributed by atoms with Crippen LogP contribution in [0, 0.1) is 0 Å². The van der Waals surface area contributed by atoms with Gasteiger partial charge in [-0.2, -0.15) is 0 Å². The Labute approximate surface area is 97.0 Å². The summed E-state index contributed by atoms with van der Waals surface area (Å²) in [5.41, 5.74) is 1.28. The van der Waals surface area contributed by atoms with E-state index in [1.807, 2.05) is 6.07 Å². The highest BCUT2D eigenvalue weighted by Crippen LogP contribution is 2.30. The van der Waals surface area contributed by atoms with Crippen LogP contribution in [0.4, 0.5) is 0 Å². The summed E-state index contributed by atoms with van der Waals surface area (Å²) < 4.78 is 11.1. The predicted molar refractivity (Wildman–Crippen MR) is 64.1 cm³/mol. The first kappa shape index (κ1) is 11.3. The number of hydrogen-bond acceptors (Lipinski definition) is 3. The third kappa shape index (κ3) is 2.67. The molecule has 16 heavy (non-hydrogen) atoms. The lowest BCUT2D eigenvalue weighted by atomic mass is 10.2. The van der Waals surface area contributed by atoms with Crippen molar-refractivity contribution >= 4 is 0 Å². The fourth-order valence-electron chi connectivity index (χ4n) is 1.96. The van der Waals surface area contributed by atoms with E-state index >= 15 is 0 Å². The second-order valence-electron chi connectivity index (χ2n) is 4.22. The van der Waals surface area contributed by atoms with Crippen molar-refractivity contribution < 1.29 is 9.47 Å². The van der Waals surface area contributed by atoms with Crippen molar-refractivity contribution in [2.24, 2.45) is 0 Å². The summed E-state index contributed by atoms with van der Waals surface area (Å²) in [6.07, 6.45) is 1.18. The SMILES string of the molecule is CCCN(C)Cc1ccc2c(c1)OCCO2. The van der Waals surface area contributed by atoms with Gasteiger partial charge in [0, 0.05) is 6.54 Å². The highest BCUT2D eigenvalue weighted by atomic mass is 16.6. The summed E-state index contributed by atoms with van der Waals surface area (Å²) in [6, 6.07) is 6.20. The van der Waals surface area contributed by atoms with E-state index in [1.54, 1.807) is 0 Å². The van der Waals surface area contributed by atoms with Gasteiger partial charge in [0.25, 0.3) is 0 Å². The van der Waals surface area contributed by atoms with Gasteiger partial charge in [-0.15, -0.1) is 0 Å². The standard InChI is InChI=1S/C13H19NO2/c1-3-6-14(2)10-11-4-5-12-13(9-11)16-8-7-15-12/h4-5,9H,3,6-8,10H2,1-2H3. The summed E-state index contributed by atoms with van der Waals surface area (Å²) in [7, 11) is 2.14. The molecule has 1 aliphatic heterocycles. The molecule has 2 rings (SSSR count). The second-order valence-corrected chi connectivity index (χ2v) is 4.22. The van der Waals surface area contributed by atoms with E-state index in [0.717, 1.165) is 24.6 Å². The molecule has 3 nitrogen and oxygen atoms in total. The molecular formula is C13H19NO2. The van der Waals surface area contributed by atoms with Crippen LogP contribution in [0.1, 0.15) is 18.9 Å². The third-order valence-corrected chi connectivity index (χ3v) is 2.66. The molecule has 3 heteroatoms. The second kappa shape index (κ2) is 5.21. The van der Waals surface area contributed by atoms with Gasteiger partial charge >= 0.3 is 0 Å². The Hall–Kier alpha value is -1.22. The highest BCUT2D eigenvalue weighted by Gasteiger charge is 2.11. The summed E-state index contributed by atoms with van der Waals surface area (Å²) >= 11 is 0. The van der Waals surface area contributed by atoms with Gasteiger partial charge in [-0.05, 0) is 37.7 Å². The Morgan fingerprint density at radius 1 is 1.19 bits per heavy atom. The Kier molecular flexibility index (Phi) is 3.67.